The summed E-state index contributed by atoms with van der Waals surface area (Å²) in [6, 6.07) is 17.6. The summed E-state index contributed by atoms with van der Waals surface area (Å²) in [5.41, 5.74) is 4.72. The lowest BCUT2D eigenvalue weighted by molar-refractivity contribution is 0.0942. The van der Waals surface area contributed by atoms with Crippen molar-refractivity contribution < 1.29 is 9.53 Å². The van der Waals surface area contributed by atoms with Gasteiger partial charge < -0.3 is 14.6 Å². The van der Waals surface area contributed by atoms with E-state index < -0.39 is 0 Å². The van der Waals surface area contributed by atoms with Gasteiger partial charge in [-0.3, -0.25) is 14.5 Å². The molecule has 0 unspecified atom stereocenters. The molecule has 0 saturated carbocycles. The van der Waals surface area contributed by atoms with E-state index in [0.29, 0.717) is 25.2 Å². The molecular formula is C25H27N5O3. The Morgan fingerprint density at radius 2 is 1.79 bits per heavy atom. The molecule has 8 nitrogen and oxygen atoms in total. The number of rotatable bonds is 7. The van der Waals surface area contributed by atoms with Crippen molar-refractivity contribution in [1.29, 1.82) is 0 Å². The van der Waals surface area contributed by atoms with Crippen molar-refractivity contribution in [1.82, 2.24) is 24.4 Å². The van der Waals surface area contributed by atoms with E-state index in [4.69, 9.17) is 4.74 Å². The van der Waals surface area contributed by atoms with E-state index in [1.807, 2.05) is 24.3 Å². The standard InChI is InChI=1S/C25H27N5O3/c1-33-15-14-29-21-8-4-5-9-22(21)30-23(25(29)32)16-20(27-30)24(31)26-11-13-28-12-10-18-6-2-3-7-19(18)17-28/h2-9,16H,10-15,17H2,1H3,(H,26,31). The lowest BCUT2D eigenvalue weighted by atomic mass is 10.00. The third-order valence-electron chi connectivity index (χ3n) is 6.25. The Morgan fingerprint density at radius 1 is 1.03 bits per heavy atom. The van der Waals surface area contributed by atoms with E-state index in [0.717, 1.165) is 37.1 Å². The second-order valence-corrected chi connectivity index (χ2v) is 8.32. The van der Waals surface area contributed by atoms with Crippen LogP contribution in [-0.2, 0) is 24.2 Å². The van der Waals surface area contributed by atoms with E-state index in [2.05, 4.69) is 39.6 Å². The number of nitrogens with zero attached hydrogens (tertiary/aromatic N) is 4. The van der Waals surface area contributed by atoms with Gasteiger partial charge in [0, 0.05) is 45.9 Å². The summed E-state index contributed by atoms with van der Waals surface area (Å²) in [6.07, 6.45) is 1.03. The fourth-order valence-electron chi connectivity index (χ4n) is 4.51. The number of para-hydroxylation sites is 2. The highest BCUT2D eigenvalue weighted by Gasteiger charge is 2.18. The predicted molar refractivity (Wildman–Crippen MR) is 127 cm³/mol. The summed E-state index contributed by atoms with van der Waals surface area (Å²) in [7, 11) is 1.61. The minimum Gasteiger partial charge on any atom is -0.383 e. The Morgan fingerprint density at radius 3 is 2.61 bits per heavy atom. The quantitative estimate of drug-likeness (QED) is 0.471. The lowest BCUT2D eigenvalue weighted by Crippen LogP contribution is -2.37. The molecule has 0 bridgehead atoms. The average Bonchev–Trinajstić information content (AvgIpc) is 3.30. The minimum atomic E-state index is -0.275. The van der Waals surface area contributed by atoms with Crippen LogP contribution in [-0.4, -0.2) is 58.3 Å². The molecule has 8 heteroatoms. The Bertz CT molecular complexity index is 1370. The van der Waals surface area contributed by atoms with Gasteiger partial charge in [-0.1, -0.05) is 36.4 Å². The largest absolute Gasteiger partial charge is 0.383 e. The number of hydrogen-bond donors (Lipinski definition) is 1. The first-order chi connectivity index (χ1) is 16.2. The summed E-state index contributed by atoms with van der Waals surface area (Å²) < 4.78 is 8.41. The summed E-state index contributed by atoms with van der Waals surface area (Å²) in [6.45, 7) is 4.01. The van der Waals surface area contributed by atoms with E-state index >= 15 is 0 Å². The summed E-state index contributed by atoms with van der Waals surface area (Å²) >= 11 is 0. The zero-order valence-electron chi connectivity index (χ0n) is 18.7. The van der Waals surface area contributed by atoms with Gasteiger partial charge in [-0.05, 0) is 29.7 Å². The van der Waals surface area contributed by atoms with E-state index in [1.54, 1.807) is 22.3 Å². The number of carbonyl (C=O) groups excluding carboxylic acids is 1. The number of fused-ring (bicyclic) bond motifs is 4. The molecule has 0 radical (unpaired) electrons. The topological polar surface area (TPSA) is 80.9 Å². The zero-order valence-corrected chi connectivity index (χ0v) is 18.7. The fourth-order valence-corrected chi connectivity index (χ4v) is 4.51. The van der Waals surface area contributed by atoms with Gasteiger partial charge in [-0.15, -0.1) is 0 Å². The van der Waals surface area contributed by atoms with Crippen LogP contribution < -0.4 is 10.9 Å². The maximum absolute atomic E-state index is 13.1. The van der Waals surface area contributed by atoms with E-state index in [9.17, 15) is 9.59 Å². The van der Waals surface area contributed by atoms with Crippen molar-refractivity contribution in [3.8, 4) is 0 Å². The molecule has 1 aliphatic rings. The van der Waals surface area contributed by atoms with Crippen LogP contribution in [0.15, 0.2) is 59.4 Å². The number of amides is 1. The van der Waals surface area contributed by atoms with Gasteiger partial charge >= 0.3 is 0 Å². The third-order valence-corrected chi connectivity index (χ3v) is 6.25. The molecule has 0 fully saturated rings. The van der Waals surface area contributed by atoms with Gasteiger partial charge in [0.15, 0.2) is 5.69 Å². The number of hydrogen-bond acceptors (Lipinski definition) is 5. The molecule has 0 spiro atoms. The molecule has 2 aromatic carbocycles. The molecule has 2 aromatic heterocycles. The fraction of sp³-hybridized carbons (Fsp3) is 0.320. The van der Waals surface area contributed by atoms with Crippen molar-refractivity contribution in [2.24, 2.45) is 0 Å². The van der Waals surface area contributed by atoms with Gasteiger partial charge in [0.05, 0.1) is 17.6 Å². The number of methoxy groups -OCH3 is 1. The first-order valence-electron chi connectivity index (χ1n) is 11.2. The molecule has 170 valence electrons. The Hall–Kier alpha value is -3.49. The number of ether oxygens (including phenoxy) is 1. The number of aromatic nitrogens is 3. The van der Waals surface area contributed by atoms with E-state index in [-0.39, 0.29) is 17.2 Å². The maximum atomic E-state index is 13.1. The SMILES string of the molecule is COCCn1c(=O)c2cc(C(=O)NCCN3CCc4ccccc4C3)nn2c2ccccc21. The van der Waals surface area contributed by atoms with Gasteiger partial charge in [0.1, 0.15) is 5.52 Å². The van der Waals surface area contributed by atoms with Gasteiger partial charge in [-0.25, -0.2) is 4.52 Å². The third kappa shape index (κ3) is 4.15. The maximum Gasteiger partial charge on any atom is 0.277 e. The molecule has 5 rings (SSSR count). The summed E-state index contributed by atoms with van der Waals surface area (Å²) in [5.74, 6) is -0.275. The zero-order chi connectivity index (χ0) is 22.8. The van der Waals surface area contributed by atoms with Gasteiger partial charge in [-0.2, -0.15) is 5.10 Å². The molecular weight excluding hydrogens is 418 g/mol. The molecule has 1 N–H and O–H groups in total. The monoisotopic (exact) mass is 445 g/mol. The van der Waals surface area contributed by atoms with Crippen molar-refractivity contribution >= 4 is 22.5 Å². The van der Waals surface area contributed by atoms with Crippen LogP contribution in [0.5, 0.6) is 0 Å². The second-order valence-electron chi connectivity index (χ2n) is 8.32. The molecule has 33 heavy (non-hydrogen) atoms. The minimum absolute atomic E-state index is 0.190. The van der Waals surface area contributed by atoms with Crippen molar-refractivity contribution in [2.45, 2.75) is 19.5 Å². The molecule has 3 heterocycles. The van der Waals surface area contributed by atoms with Gasteiger partial charge in [0.25, 0.3) is 11.5 Å². The van der Waals surface area contributed by atoms with Crippen LogP contribution in [0.2, 0.25) is 0 Å². The number of carbonyl (C=O) groups is 1. The van der Waals surface area contributed by atoms with Crippen LogP contribution in [0.1, 0.15) is 21.6 Å². The highest BCUT2D eigenvalue weighted by atomic mass is 16.5. The van der Waals surface area contributed by atoms with Crippen molar-refractivity contribution in [3.05, 3.63) is 81.8 Å². The Balaban J connectivity index is 1.33. The smallest absolute Gasteiger partial charge is 0.277 e. The molecule has 0 atom stereocenters. The molecule has 0 saturated heterocycles. The predicted octanol–water partition coefficient (Wildman–Crippen LogP) is 2.08. The van der Waals surface area contributed by atoms with Crippen LogP contribution in [0, 0.1) is 0 Å². The summed E-state index contributed by atoms with van der Waals surface area (Å²) in [4.78, 5) is 28.3. The van der Waals surface area contributed by atoms with E-state index in [1.165, 1.54) is 11.1 Å². The Labute approximate surface area is 191 Å². The van der Waals surface area contributed by atoms with Crippen LogP contribution >= 0.6 is 0 Å². The Kier molecular flexibility index (Phi) is 5.93. The first-order valence-corrected chi connectivity index (χ1v) is 11.2. The van der Waals surface area contributed by atoms with Crippen LogP contribution in [0.4, 0.5) is 0 Å². The number of nitrogens with one attached hydrogen (secondary N) is 1. The van der Waals surface area contributed by atoms with Crippen molar-refractivity contribution in [2.75, 3.05) is 33.4 Å². The average molecular weight is 446 g/mol. The summed E-state index contributed by atoms with van der Waals surface area (Å²) in [5, 5.41) is 7.43. The van der Waals surface area contributed by atoms with Crippen LogP contribution in [0.3, 0.4) is 0 Å². The first kappa shape index (κ1) is 21.4. The molecule has 1 aliphatic heterocycles. The lowest BCUT2D eigenvalue weighted by Gasteiger charge is -2.28. The molecule has 1 amide bonds. The highest BCUT2D eigenvalue weighted by Crippen LogP contribution is 2.18. The second kappa shape index (κ2) is 9.17. The van der Waals surface area contributed by atoms with Crippen LogP contribution in [0.25, 0.3) is 16.6 Å². The van der Waals surface area contributed by atoms with Crippen molar-refractivity contribution in [3.63, 3.8) is 0 Å². The molecule has 0 aliphatic carbocycles. The van der Waals surface area contributed by atoms with Gasteiger partial charge in [0.2, 0.25) is 0 Å². The normalized spacial score (nSPS) is 14.0. The number of benzene rings is 2. The molecule has 4 aromatic rings. The highest BCUT2D eigenvalue weighted by molar-refractivity contribution is 5.94.